The molecule has 11 nitrogen and oxygen atoms in total. The van der Waals surface area contributed by atoms with E-state index in [1.165, 1.54) is 0 Å². The van der Waals surface area contributed by atoms with Gasteiger partial charge < -0.3 is 25.6 Å². The molecule has 15 heteroatoms. The van der Waals surface area contributed by atoms with Gasteiger partial charge in [-0.3, -0.25) is 14.5 Å². The number of carboxylic acid groups (broad SMARTS) is 1. The highest BCUT2D eigenvalue weighted by Gasteiger charge is 2.38. The Balaban J connectivity index is 0.000000325. The number of rotatable bonds is 4. The van der Waals surface area contributed by atoms with Crippen LogP contribution in [-0.4, -0.2) is 76.3 Å². The third-order valence-corrected chi connectivity index (χ3v) is 5.44. The van der Waals surface area contributed by atoms with Crippen LogP contribution in [0.25, 0.3) is 11.3 Å². The van der Waals surface area contributed by atoms with Crippen molar-refractivity contribution >= 4 is 41.5 Å². The monoisotopic (exact) mass is 559 g/mol. The van der Waals surface area contributed by atoms with Gasteiger partial charge in [-0.25, -0.2) is 9.78 Å². The zero-order chi connectivity index (χ0) is 28.5. The maximum absolute atomic E-state index is 11.9. The number of nitrogens with two attached hydrogens (primary N) is 1. The molecule has 1 aromatic carbocycles. The van der Waals surface area contributed by atoms with E-state index in [4.69, 9.17) is 25.4 Å². The molecule has 0 atom stereocenters. The van der Waals surface area contributed by atoms with Crippen LogP contribution in [0, 0.1) is 0 Å². The van der Waals surface area contributed by atoms with E-state index in [9.17, 15) is 27.9 Å². The fraction of sp³-hybridized carbons (Fsp3) is 0.435. The summed E-state index contributed by atoms with van der Waals surface area (Å²) in [5, 5.41) is 16.6. The molecular formula is C23H28F3N5O6S. The van der Waals surface area contributed by atoms with E-state index in [-0.39, 0.29) is 16.9 Å². The van der Waals surface area contributed by atoms with Crippen LogP contribution in [-0.2, 0) is 20.7 Å². The van der Waals surface area contributed by atoms with Crippen LogP contribution in [0.4, 0.5) is 29.7 Å². The molecule has 1 fully saturated rings. The largest absolute Gasteiger partial charge is 0.508 e. The molecule has 0 unspecified atom stereocenters. The third-order valence-electron chi connectivity index (χ3n) is 5.20. The summed E-state index contributed by atoms with van der Waals surface area (Å²) in [5.41, 5.74) is 7.23. The summed E-state index contributed by atoms with van der Waals surface area (Å²) in [6.07, 6.45) is -3.05. The minimum Gasteiger partial charge on any atom is -0.508 e. The molecule has 2 aromatic rings. The molecule has 0 radical (unpaired) electrons. The highest BCUT2D eigenvalue weighted by molar-refractivity contribution is 7.96. The number of primary amides is 1. The van der Waals surface area contributed by atoms with Crippen molar-refractivity contribution in [3.05, 3.63) is 29.8 Å². The molecule has 4 N–H and O–H groups in total. The summed E-state index contributed by atoms with van der Waals surface area (Å²) in [6, 6.07) is 6.98. The zero-order valence-corrected chi connectivity index (χ0v) is 21.3. The van der Waals surface area contributed by atoms with Crippen molar-refractivity contribution in [2.75, 3.05) is 42.6 Å². The lowest BCUT2D eigenvalue weighted by atomic mass is 10.1. The average Bonchev–Trinajstić information content (AvgIpc) is 3.28. The predicted octanol–water partition coefficient (Wildman–Crippen LogP) is 3.00. The fourth-order valence-corrected chi connectivity index (χ4v) is 3.67. The van der Waals surface area contributed by atoms with Crippen LogP contribution >= 0.6 is 12.6 Å². The van der Waals surface area contributed by atoms with Crippen LogP contribution in [0.1, 0.15) is 25.3 Å². The van der Waals surface area contributed by atoms with Gasteiger partial charge in [0.2, 0.25) is 11.9 Å². The normalized spacial score (nSPS) is 14.4. The molecule has 0 bridgehead atoms. The second kappa shape index (κ2) is 13.8. The van der Waals surface area contributed by atoms with E-state index < -0.39 is 12.1 Å². The van der Waals surface area contributed by atoms with Crippen LogP contribution < -0.4 is 15.5 Å². The summed E-state index contributed by atoms with van der Waals surface area (Å²) in [7, 11) is 0. The third kappa shape index (κ3) is 8.76. The number of alkyl halides is 3. The number of nitrogens with zero attached hydrogens (tertiary/aromatic N) is 4. The topological polar surface area (TPSA) is 159 Å². The first-order valence-corrected chi connectivity index (χ1v) is 11.9. The van der Waals surface area contributed by atoms with Crippen LogP contribution in [0.15, 0.2) is 24.3 Å². The Labute approximate surface area is 221 Å². The van der Waals surface area contributed by atoms with Crippen molar-refractivity contribution in [2.45, 2.75) is 32.4 Å². The number of carbonyl (C=O) groups excluding carboxylic acids is 2. The first-order chi connectivity index (χ1) is 17.8. The maximum atomic E-state index is 11.9. The first kappa shape index (κ1) is 30.6. The number of aromatic nitrogens is 2. The quantitative estimate of drug-likeness (QED) is 0.413. The number of morpholine rings is 1. The summed E-state index contributed by atoms with van der Waals surface area (Å²) < 4.78 is 37.1. The number of phenolic OH excluding ortho intramolecular Hbond substituents is 1. The Morgan fingerprint density at radius 3 is 2.26 bits per heavy atom. The number of carboxylic acids is 1. The number of anilines is 2. The van der Waals surface area contributed by atoms with E-state index in [1.54, 1.807) is 23.1 Å². The van der Waals surface area contributed by atoms with E-state index in [0.717, 1.165) is 23.2 Å². The lowest BCUT2D eigenvalue weighted by Crippen LogP contribution is -2.37. The van der Waals surface area contributed by atoms with Gasteiger partial charge in [0.15, 0.2) is 0 Å². The van der Waals surface area contributed by atoms with Gasteiger partial charge >= 0.3 is 12.1 Å². The molecule has 0 aliphatic carbocycles. The summed E-state index contributed by atoms with van der Waals surface area (Å²) in [6.45, 7) is 5.10. The molecule has 1 aromatic heterocycles. The predicted molar refractivity (Wildman–Crippen MR) is 135 cm³/mol. The Kier molecular flexibility index (Phi) is 11.1. The molecular weight excluding hydrogens is 531 g/mol. The van der Waals surface area contributed by atoms with Gasteiger partial charge in [-0.05, 0) is 25.0 Å². The Bertz CT molecular complexity index is 1150. The number of ether oxygens (including phenoxy) is 1. The van der Waals surface area contributed by atoms with Crippen molar-refractivity contribution in [2.24, 2.45) is 5.73 Å². The molecule has 38 heavy (non-hydrogen) atoms. The van der Waals surface area contributed by atoms with Gasteiger partial charge in [-0.15, -0.1) is 0 Å². The van der Waals surface area contributed by atoms with Crippen molar-refractivity contribution in [3.8, 4) is 17.0 Å². The second-order valence-electron chi connectivity index (χ2n) is 8.03. The Morgan fingerprint density at radius 1 is 1.16 bits per heavy atom. The highest BCUT2D eigenvalue weighted by atomic mass is 32.1. The van der Waals surface area contributed by atoms with Gasteiger partial charge in [0, 0.05) is 37.2 Å². The fourth-order valence-electron chi connectivity index (χ4n) is 3.47. The van der Waals surface area contributed by atoms with E-state index >= 15 is 0 Å². The Hall–Kier alpha value is -3.59. The number of benzene rings is 1. The maximum Gasteiger partial charge on any atom is 0.490 e. The lowest BCUT2D eigenvalue weighted by Gasteiger charge is -2.28. The first-order valence-electron chi connectivity index (χ1n) is 11.5. The minimum atomic E-state index is -5.08. The van der Waals surface area contributed by atoms with Crippen molar-refractivity contribution in [1.82, 2.24) is 9.97 Å². The number of phenols is 1. The van der Waals surface area contributed by atoms with Gasteiger partial charge in [0.25, 0.3) is 5.24 Å². The van der Waals surface area contributed by atoms with Crippen LogP contribution in [0.5, 0.6) is 5.75 Å². The highest BCUT2D eigenvalue weighted by Crippen LogP contribution is 2.36. The molecule has 2 amide bonds. The smallest absolute Gasteiger partial charge is 0.490 e. The van der Waals surface area contributed by atoms with Crippen LogP contribution in [0.2, 0.25) is 0 Å². The Morgan fingerprint density at radius 2 is 1.79 bits per heavy atom. The van der Waals surface area contributed by atoms with Crippen molar-refractivity contribution < 1.29 is 42.5 Å². The van der Waals surface area contributed by atoms with Crippen molar-refractivity contribution in [3.63, 3.8) is 0 Å². The number of fused-ring (bicyclic) bond motifs is 1. The standard InChI is InChI=1S/C17H18N4O3S.C4H9NO.C2HF3O2/c22-12-3-1-2-11(10-12)14-13-4-5-21(17(23)25)15(13)19-16(18-14)20-6-8-24-9-7-20;1-2-3-4(5)6;3-2(4,5)1(6)7/h1-3,10,22H,4-9H2,(H,23,25);2-3H2,1H3,(H2,5,6);(H,6,7). The van der Waals surface area contributed by atoms with E-state index in [1.807, 2.05) is 13.0 Å². The average molecular weight is 560 g/mol. The molecule has 0 spiro atoms. The second-order valence-corrected chi connectivity index (χ2v) is 8.41. The minimum absolute atomic E-state index is 0.179. The lowest BCUT2D eigenvalue weighted by molar-refractivity contribution is -0.192. The van der Waals surface area contributed by atoms with Gasteiger partial charge in [0.05, 0.1) is 18.9 Å². The summed E-state index contributed by atoms with van der Waals surface area (Å²) in [4.78, 5) is 43.6. The van der Waals surface area contributed by atoms with Crippen LogP contribution in [0.3, 0.4) is 0 Å². The number of aromatic hydroxyl groups is 1. The van der Waals surface area contributed by atoms with Gasteiger partial charge in [-0.1, -0.05) is 31.7 Å². The molecule has 3 heterocycles. The number of hydrogen-bond acceptors (Lipinski definition) is 8. The van der Waals surface area contributed by atoms with Crippen molar-refractivity contribution in [1.29, 1.82) is 0 Å². The SMILES string of the molecule is CCCC(N)=O.O=C(O)C(F)(F)F.O=C(S)N1CCc2c(-c3cccc(O)c3)nc(N3CCOCC3)nc21. The van der Waals surface area contributed by atoms with Gasteiger partial charge in [-0.2, -0.15) is 18.2 Å². The molecule has 1 saturated heterocycles. The van der Waals surface area contributed by atoms with E-state index in [0.29, 0.717) is 57.5 Å². The number of halogens is 3. The molecule has 0 saturated carbocycles. The number of aliphatic carboxylic acids is 1. The molecule has 208 valence electrons. The summed E-state index contributed by atoms with van der Waals surface area (Å²) in [5.74, 6) is -1.61. The molecule has 4 rings (SSSR count). The van der Waals surface area contributed by atoms with E-state index in [2.05, 4.69) is 22.5 Å². The summed E-state index contributed by atoms with van der Waals surface area (Å²) >= 11 is 3.97. The molecule has 2 aliphatic rings. The number of amides is 2. The zero-order valence-electron chi connectivity index (χ0n) is 20.4. The number of hydrogen-bond donors (Lipinski definition) is 4. The molecule has 2 aliphatic heterocycles. The van der Waals surface area contributed by atoms with Gasteiger partial charge in [0.1, 0.15) is 11.6 Å². The number of thiol groups is 1. The number of carbonyl (C=O) groups is 3.